The van der Waals surface area contributed by atoms with Gasteiger partial charge in [0, 0.05) is 0 Å². The molecule has 4 nitrogen and oxygen atoms in total. The third-order valence-electron chi connectivity index (χ3n) is 1.69. The Morgan fingerprint density at radius 1 is 1.36 bits per heavy atom. The largest absolute Gasteiger partial charge is 1.00 e. The first-order valence-corrected chi connectivity index (χ1v) is 4.58. The minimum atomic E-state index is -1.92. The van der Waals surface area contributed by atoms with Crippen LogP contribution in [-0.4, -0.2) is 28.3 Å². The summed E-state index contributed by atoms with van der Waals surface area (Å²) in [6.45, 7) is 3.46. The third-order valence-corrected chi connectivity index (χ3v) is 2.81. The molecular weight excluding hydrogens is 174 g/mol. The van der Waals surface area contributed by atoms with Gasteiger partial charge in [0.2, 0.25) is 8.38 Å². The van der Waals surface area contributed by atoms with E-state index in [1.54, 1.807) is 6.92 Å². The summed E-state index contributed by atoms with van der Waals surface area (Å²) in [5.74, 6) is 0. The quantitative estimate of drug-likeness (QED) is 0.256. The van der Waals surface area contributed by atoms with E-state index in [2.05, 4.69) is 10.6 Å². The monoisotopic (exact) mass is 188 g/mol. The summed E-state index contributed by atoms with van der Waals surface area (Å²) in [5.41, 5.74) is 0. The van der Waals surface area contributed by atoms with E-state index in [1.165, 1.54) is 0 Å². The normalized spacial score (nSPS) is 22.9. The second kappa shape index (κ2) is 5.10. The number of nitrogens with one attached hydrogen (secondary N) is 2. The number of rotatable bonds is 1. The molecule has 0 saturated carbocycles. The van der Waals surface area contributed by atoms with Gasteiger partial charge in [-0.3, -0.25) is 10.6 Å². The van der Waals surface area contributed by atoms with E-state index >= 15 is 0 Å². The first-order chi connectivity index (χ1) is 4.65. The molecule has 0 unspecified atom stereocenters. The Kier molecular flexibility index (Phi) is 5.69. The Morgan fingerprint density at radius 2 is 1.82 bits per heavy atom. The molecule has 4 N–H and O–H groups in total. The van der Waals surface area contributed by atoms with Crippen LogP contribution in [0.5, 0.6) is 0 Å². The first-order valence-electron chi connectivity index (χ1n) is 3.33. The van der Waals surface area contributed by atoms with Gasteiger partial charge in [-0.25, -0.2) is 0 Å². The third kappa shape index (κ3) is 3.25. The molecule has 1 aliphatic rings. The molecule has 0 aromatic rings. The smallest absolute Gasteiger partial charge is 1.00 e. The average Bonchev–Trinajstić information content (AvgIpc) is 1.89. The summed E-state index contributed by atoms with van der Waals surface area (Å²) < 4.78 is 0. The minimum Gasteiger partial charge on any atom is -1.00 e. The van der Waals surface area contributed by atoms with Crippen LogP contribution in [0.4, 0.5) is 0 Å². The molecular formula is C5H14N2NaO2P. The van der Waals surface area contributed by atoms with Gasteiger partial charge < -0.3 is 11.2 Å². The van der Waals surface area contributed by atoms with Gasteiger partial charge in [-0.1, -0.05) is 0 Å². The molecule has 0 amide bonds. The van der Waals surface area contributed by atoms with Crippen molar-refractivity contribution in [1.82, 2.24) is 10.6 Å². The van der Waals surface area contributed by atoms with Crippen molar-refractivity contribution >= 4 is 8.38 Å². The van der Waals surface area contributed by atoms with Crippen LogP contribution in [0, 0.1) is 0 Å². The Hall–Kier alpha value is 1.27. The predicted octanol–water partition coefficient (Wildman–Crippen LogP) is -3.34. The van der Waals surface area contributed by atoms with E-state index in [9.17, 15) is 0 Å². The molecule has 1 heterocycles. The zero-order chi connectivity index (χ0) is 7.61. The average molecular weight is 188 g/mol. The van der Waals surface area contributed by atoms with Crippen molar-refractivity contribution in [3.05, 3.63) is 0 Å². The van der Waals surface area contributed by atoms with Crippen LogP contribution in [0.2, 0.25) is 0 Å². The molecule has 0 spiro atoms. The summed E-state index contributed by atoms with van der Waals surface area (Å²) in [6.07, 6.45) is 1.04. The van der Waals surface area contributed by atoms with Crippen LogP contribution in [0.1, 0.15) is 14.8 Å². The van der Waals surface area contributed by atoms with Crippen molar-refractivity contribution in [1.29, 1.82) is 0 Å². The van der Waals surface area contributed by atoms with Gasteiger partial charge in [0.15, 0.2) is 0 Å². The molecule has 0 aromatic carbocycles. The molecule has 0 aromatic heterocycles. The van der Waals surface area contributed by atoms with Gasteiger partial charge in [-0.15, -0.1) is 0 Å². The van der Waals surface area contributed by atoms with Crippen LogP contribution in [0.25, 0.3) is 0 Å². The molecule has 0 radical (unpaired) electrons. The molecule has 1 rings (SSSR count). The molecule has 1 fully saturated rings. The fourth-order valence-corrected chi connectivity index (χ4v) is 1.46. The SMILES string of the molecule is CC1(P(O)O)NCCCN1.[H-].[Na+]. The molecule has 11 heavy (non-hydrogen) atoms. The van der Waals surface area contributed by atoms with E-state index < -0.39 is 13.8 Å². The van der Waals surface area contributed by atoms with Crippen LogP contribution in [0.15, 0.2) is 0 Å². The molecule has 1 aliphatic heterocycles. The summed E-state index contributed by atoms with van der Waals surface area (Å²) in [7, 11) is -1.92. The second-order valence-corrected chi connectivity index (χ2v) is 4.04. The van der Waals surface area contributed by atoms with Gasteiger partial charge in [0.05, 0.1) is 0 Å². The van der Waals surface area contributed by atoms with Gasteiger partial charge in [-0.05, 0) is 26.4 Å². The second-order valence-electron chi connectivity index (χ2n) is 2.57. The molecule has 1 saturated heterocycles. The standard InChI is InChI=1S/C5H13N2O2P.Na.H/c1-5(10(8)9)6-3-2-4-7-5;;/h6-9H,2-4H2,1H3;;/q;+1;-1. The number of hydrogen-bond acceptors (Lipinski definition) is 4. The molecule has 0 aliphatic carbocycles. The van der Waals surface area contributed by atoms with Crippen molar-refractivity contribution in [2.45, 2.75) is 18.7 Å². The summed E-state index contributed by atoms with van der Waals surface area (Å²) >= 11 is 0. The predicted molar refractivity (Wildman–Crippen MR) is 41.5 cm³/mol. The van der Waals surface area contributed by atoms with Crippen molar-refractivity contribution in [3.8, 4) is 0 Å². The zero-order valence-corrected chi connectivity index (χ0v) is 9.86. The Morgan fingerprint density at radius 3 is 2.09 bits per heavy atom. The van der Waals surface area contributed by atoms with Crippen molar-refractivity contribution in [2.75, 3.05) is 13.1 Å². The maximum Gasteiger partial charge on any atom is 1.00 e. The Labute approximate surface area is 91.5 Å². The number of hydrogen-bond donors (Lipinski definition) is 4. The van der Waals surface area contributed by atoms with Crippen molar-refractivity contribution in [3.63, 3.8) is 0 Å². The van der Waals surface area contributed by atoms with Crippen LogP contribution in [0.3, 0.4) is 0 Å². The van der Waals surface area contributed by atoms with Crippen LogP contribution < -0.4 is 40.2 Å². The minimum absolute atomic E-state index is 0. The summed E-state index contributed by atoms with van der Waals surface area (Å²) in [4.78, 5) is 17.9. The van der Waals surface area contributed by atoms with E-state index in [0.29, 0.717) is 0 Å². The van der Waals surface area contributed by atoms with Gasteiger partial charge in [-0.2, -0.15) is 0 Å². The topological polar surface area (TPSA) is 64.5 Å². The van der Waals surface area contributed by atoms with E-state index in [4.69, 9.17) is 9.79 Å². The van der Waals surface area contributed by atoms with Crippen molar-refractivity contribution in [2.24, 2.45) is 0 Å². The summed E-state index contributed by atoms with van der Waals surface area (Å²) in [6, 6.07) is 0. The zero-order valence-electron chi connectivity index (χ0n) is 7.96. The van der Waals surface area contributed by atoms with Crippen LogP contribution in [-0.2, 0) is 0 Å². The molecule has 6 heteroatoms. The van der Waals surface area contributed by atoms with E-state index in [0.717, 1.165) is 19.5 Å². The van der Waals surface area contributed by atoms with Gasteiger partial charge in [0.25, 0.3) is 0 Å². The van der Waals surface area contributed by atoms with E-state index in [1.807, 2.05) is 0 Å². The Bertz CT molecular complexity index is 124. The molecule has 0 atom stereocenters. The van der Waals surface area contributed by atoms with Crippen LogP contribution >= 0.6 is 8.38 Å². The van der Waals surface area contributed by atoms with Crippen molar-refractivity contribution < 1.29 is 40.8 Å². The molecule has 0 bridgehead atoms. The maximum absolute atomic E-state index is 8.93. The fourth-order valence-electron chi connectivity index (χ4n) is 0.956. The van der Waals surface area contributed by atoms with Gasteiger partial charge >= 0.3 is 29.6 Å². The first kappa shape index (κ1) is 12.3. The summed E-state index contributed by atoms with van der Waals surface area (Å²) in [5, 5.41) is 5.38. The Balaban J connectivity index is 0. The fraction of sp³-hybridized carbons (Fsp3) is 1.00. The van der Waals surface area contributed by atoms with E-state index in [-0.39, 0.29) is 31.0 Å². The maximum atomic E-state index is 8.93. The van der Waals surface area contributed by atoms with Gasteiger partial charge in [0.1, 0.15) is 5.40 Å². The molecule has 62 valence electrons.